The van der Waals surface area contributed by atoms with Gasteiger partial charge >= 0.3 is 0 Å². The Balaban J connectivity index is 1.44. The Morgan fingerprint density at radius 3 is 2.52 bits per heavy atom. The molecule has 0 radical (unpaired) electrons. The Kier molecular flexibility index (Phi) is 5.84. The number of ether oxygens (including phenoxy) is 2. The lowest BCUT2D eigenvalue weighted by Gasteiger charge is -2.36. The highest BCUT2D eigenvalue weighted by Crippen LogP contribution is 2.36. The normalized spacial score (nSPS) is 21.0. The average Bonchev–Trinajstić information content (AvgIpc) is 3.36. The fourth-order valence-corrected chi connectivity index (χ4v) is 4.73. The van der Waals surface area contributed by atoms with E-state index >= 15 is 0 Å². The van der Waals surface area contributed by atoms with Crippen molar-refractivity contribution >= 4 is 28.8 Å². The Morgan fingerprint density at radius 2 is 1.86 bits per heavy atom. The fraction of sp³-hybridized carbons (Fsp3) is 0.429. The molecule has 0 unspecified atom stereocenters. The summed E-state index contributed by atoms with van der Waals surface area (Å²) in [6, 6.07) is 8.94. The third-order valence-corrected chi connectivity index (χ3v) is 6.42. The molecule has 0 N–H and O–H groups in total. The topological polar surface area (TPSA) is 62.3 Å². The Bertz CT molecular complexity index is 878. The van der Waals surface area contributed by atoms with Gasteiger partial charge in [-0.3, -0.25) is 19.4 Å². The van der Waals surface area contributed by atoms with Gasteiger partial charge in [0.15, 0.2) is 0 Å². The zero-order valence-corrected chi connectivity index (χ0v) is 17.5. The summed E-state index contributed by atoms with van der Waals surface area (Å²) in [5.41, 5.74) is 0.474. The van der Waals surface area contributed by atoms with Crippen LogP contribution in [-0.4, -0.2) is 68.1 Å². The van der Waals surface area contributed by atoms with Crippen molar-refractivity contribution in [2.24, 2.45) is 0 Å². The van der Waals surface area contributed by atoms with Crippen molar-refractivity contribution in [3.8, 4) is 11.5 Å². The quantitative estimate of drug-likeness (QED) is 0.675. The van der Waals surface area contributed by atoms with E-state index in [4.69, 9.17) is 9.47 Å². The molecule has 1 atom stereocenters. The predicted octanol–water partition coefficient (Wildman–Crippen LogP) is 2.21. The molecule has 1 aromatic heterocycles. The Labute approximate surface area is 174 Å². The first-order valence-corrected chi connectivity index (χ1v) is 10.6. The zero-order valence-electron chi connectivity index (χ0n) is 16.7. The number of imide groups is 1. The maximum Gasteiger partial charge on any atom is 0.251 e. The lowest BCUT2D eigenvalue weighted by molar-refractivity contribution is -0.123. The summed E-state index contributed by atoms with van der Waals surface area (Å²) in [5.74, 6) is 0.699. The number of rotatable bonds is 6. The first-order valence-electron chi connectivity index (χ1n) is 9.68. The molecule has 0 aliphatic carbocycles. The van der Waals surface area contributed by atoms with Gasteiger partial charge in [0.1, 0.15) is 11.5 Å². The van der Waals surface area contributed by atoms with Crippen molar-refractivity contribution in [2.45, 2.75) is 19.0 Å². The zero-order chi connectivity index (χ0) is 20.4. The van der Waals surface area contributed by atoms with E-state index in [1.807, 2.05) is 0 Å². The van der Waals surface area contributed by atoms with Gasteiger partial charge < -0.3 is 9.47 Å². The predicted molar refractivity (Wildman–Crippen MR) is 112 cm³/mol. The van der Waals surface area contributed by atoms with Crippen LogP contribution in [0.5, 0.6) is 11.5 Å². The van der Waals surface area contributed by atoms with Crippen LogP contribution in [-0.2, 0) is 16.1 Å². The summed E-state index contributed by atoms with van der Waals surface area (Å²) < 4.78 is 10.6. The van der Waals surface area contributed by atoms with Gasteiger partial charge in [-0.15, -0.1) is 11.3 Å². The van der Waals surface area contributed by atoms with Gasteiger partial charge in [0, 0.05) is 43.7 Å². The molecule has 0 bridgehead atoms. The van der Waals surface area contributed by atoms with Crippen LogP contribution in [0.3, 0.4) is 0 Å². The number of amides is 2. The van der Waals surface area contributed by atoms with Gasteiger partial charge in [0.05, 0.1) is 32.4 Å². The molecule has 2 amide bonds. The Hall–Kier alpha value is -2.42. The molecule has 2 saturated heterocycles. The summed E-state index contributed by atoms with van der Waals surface area (Å²) >= 11 is 1.77. The van der Waals surface area contributed by atoms with Crippen LogP contribution in [0.25, 0.3) is 0 Å². The number of benzene rings is 1. The Morgan fingerprint density at radius 1 is 1.07 bits per heavy atom. The lowest BCUT2D eigenvalue weighted by atomic mass is 10.1. The van der Waals surface area contributed by atoms with Crippen molar-refractivity contribution < 1.29 is 19.1 Å². The number of hydrogen-bond acceptors (Lipinski definition) is 7. The first-order chi connectivity index (χ1) is 14.1. The number of carbonyl (C=O) groups is 2. The van der Waals surface area contributed by atoms with Gasteiger partial charge in [0.2, 0.25) is 5.91 Å². The number of anilines is 1. The molecule has 1 aromatic carbocycles. The fourth-order valence-electron chi connectivity index (χ4n) is 3.98. The molecule has 154 valence electrons. The average molecular weight is 416 g/mol. The molecular weight excluding hydrogens is 390 g/mol. The van der Waals surface area contributed by atoms with E-state index in [1.54, 1.807) is 36.6 Å². The van der Waals surface area contributed by atoms with Gasteiger partial charge in [-0.05, 0) is 23.6 Å². The molecule has 29 heavy (non-hydrogen) atoms. The van der Waals surface area contributed by atoms with E-state index < -0.39 is 6.04 Å². The highest BCUT2D eigenvalue weighted by molar-refractivity contribution is 7.09. The number of carbonyl (C=O) groups excluding carboxylic acids is 2. The number of nitrogens with zero attached hydrogens (tertiary/aromatic N) is 3. The third-order valence-electron chi connectivity index (χ3n) is 5.56. The summed E-state index contributed by atoms with van der Waals surface area (Å²) in [5, 5.41) is 2.09. The van der Waals surface area contributed by atoms with Crippen LogP contribution in [0.2, 0.25) is 0 Å². The molecule has 2 aromatic rings. The summed E-state index contributed by atoms with van der Waals surface area (Å²) in [7, 11) is 3.09. The van der Waals surface area contributed by atoms with Crippen molar-refractivity contribution in [1.82, 2.24) is 9.80 Å². The second-order valence-electron chi connectivity index (χ2n) is 7.22. The van der Waals surface area contributed by atoms with Gasteiger partial charge in [-0.25, -0.2) is 4.90 Å². The molecule has 2 fully saturated rings. The molecule has 7 nitrogen and oxygen atoms in total. The van der Waals surface area contributed by atoms with Crippen LogP contribution in [0.1, 0.15) is 11.3 Å². The maximum atomic E-state index is 13.1. The molecule has 0 spiro atoms. The van der Waals surface area contributed by atoms with E-state index in [0.717, 1.165) is 32.7 Å². The van der Waals surface area contributed by atoms with Crippen molar-refractivity contribution in [2.75, 3.05) is 45.3 Å². The van der Waals surface area contributed by atoms with E-state index in [0.29, 0.717) is 17.2 Å². The number of hydrogen-bond donors (Lipinski definition) is 0. The van der Waals surface area contributed by atoms with Crippen molar-refractivity contribution in [3.63, 3.8) is 0 Å². The van der Waals surface area contributed by atoms with E-state index in [-0.39, 0.29) is 18.2 Å². The summed E-state index contributed by atoms with van der Waals surface area (Å²) in [6.45, 7) is 4.28. The number of thiophene rings is 1. The molecule has 8 heteroatoms. The molecular formula is C21H25N3O4S. The van der Waals surface area contributed by atoms with E-state index in [1.165, 1.54) is 16.9 Å². The van der Waals surface area contributed by atoms with Gasteiger partial charge in [0.25, 0.3) is 5.91 Å². The third kappa shape index (κ3) is 4.01. The SMILES string of the molecule is COc1ccc(N2C(=O)C[C@H](N3CCN(Cc4cccs4)CC3)C2=O)c(OC)c1. The van der Waals surface area contributed by atoms with Crippen LogP contribution >= 0.6 is 11.3 Å². The first kappa shape index (κ1) is 19.9. The minimum Gasteiger partial charge on any atom is -0.497 e. The van der Waals surface area contributed by atoms with Crippen LogP contribution in [0.15, 0.2) is 35.7 Å². The monoisotopic (exact) mass is 415 g/mol. The van der Waals surface area contributed by atoms with Crippen LogP contribution in [0, 0.1) is 0 Å². The second-order valence-corrected chi connectivity index (χ2v) is 8.25. The van der Waals surface area contributed by atoms with Crippen LogP contribution in [0.4, 0.5) is 5.69 Å². The molecule has 0 saturated carbocycles. The van der Waals surface area contributed by atoms with Gasteiger partial charge in [-0.1, -0.05) is 6.07 Å². The van der Waals surface area contributed by atoms with E-state index in [9.17, 15) is 9.59 Å². The maximum absolute atomic E-state index is 13.1. The number of methoxy groups -OCH3 is 2. The molecule has 2 aliphatic rings. The summed E-state index contributed by atoms with van der Waals surface area (Å²) in [6.07, 6.45) is 0.207. The smallest absolute Gasteiger partial charge is 0.251 e. The standard InChI is InChI=1S/C21H25N3O4S/c1-27-15-5-6-17(19(12-15)28-2)24-20(25)13-18(21(24)26)23-9-7-22(8-10-23)14-16-4-3-11-29-16/h3-6,11-12,18H,7-10,13-14H2,1-2H3/t18-/m0/s1. The molecule has 3 heterocycles. The summed E-state index contributed by atoms with van der Waals surface area (Å²) in [4.78, 5) is 33.0. The highest BCUT2D eigenvalue weighted by Gasteiger charge is 2.44. The minimum atomic E-state index is -0.404. The largest absolute Gasteiger partial charge is 0.497 e. The lowest BCUT2D eigenvalue weighted by Crippen LogP contribution is -2.52. The molecule has 4 rings (SSSR count). The molecule has 2 aliphatic heterocycles. The number of piperazine rings is 1. The highest BCUT2D eigenvalue weighted by atomic mass is 32.1. The van der Waals surface area contributed by atoms with Gasteiger partial charge in [-0.2, -0.15) is 0 Å². The van der Waals surface area contributed by atoms with Crippen molar-refractivity contribution in [3.05, 3.63) is 40.6 Å². The van der Waals surface area contributed by atoms with E-state index in [2.05, 4.69) is 27.3 Å². The second kappa shape index (κ2) is 8.52. The van der Waals surface area contributed by atoms with Crippen LogP contribution < -0.4 is 14.4 Å². The minimum absolute atomic E-state index is 0.176. The van der Waals surface area contributed by atoms with Crippen molar-refractivity contribution in [1.29, 1.82) is 0 Å².